The normalized spacial score (nSPS) is 18.4. The molecule has 0 bridgehead atoms. The molecule has 0 aliphatic heterocycles. The van der Waals surface area contributed by atoms with Crippen LogP contribution in [0.15, 0.2) is 24.3 Å². The molecule has 0 saturated heterocycles. The van der Waals surface area contributed by atoms with Crippen LogP contribution in [-0.2, 0) is 6.42 Å². The van der Waals surface area contributed by atoms with E-state index in [1.165, 1.54) is 38.2 Å². The fourth-order valence-corrected chi connectivity index (χ4v) is 3.31. The van der Waals surface area contributed by atoms with E-state index in [1.807, 2.05) is 6.07 Å². The third-order valence-electron chi connectivity index (χ3n) is 4.36. The van der Waals surface area contributed by atoms with Crippen LogP contribution < -0.4 is 5.32 Å². The number of benzene rings is 1. The molecule has 1 N–H and O–H groups in total. The van der Waals surface area contributed by atoms with Crippen LogP contribution in [-0.4, -0.2) is 13.1 Å². The van der Waals surface area contributed by atoms with E-state index in [0.717, 1.165) is 31.0 Å². The lowest BCUT2D eigenvalue weighted by Crippen LogP contribution is -2.31. The molecule has 0 radical (unpaired) electrons. The van der Waals surface area contributed by atoms with Crippen LogP contribution in [0, 0.1) is 17.7 Å². The zero-order chi connectivity index (χ0) is 13.5. The Labute approximate surface area is 116 Å². The molecule has 106 valence electrons. The van der Waals surface area contributed by atoms with E-state index >= 15 is 0 Å². The number of halogens is 1. The molecule has 2 heteroatoms. The maximum absolute atomic E-state index is 13.3. The van der Waals surface area contributed by atoms with Gasteiger partial charge < -0.3 is 5.32 Å². The molecule has 0 heterocycles. The number of hydrogen-bond donors (Lipinski definition) is 1. The van der Waals surface area contributed by atoms with Crippen LogP contribution in [0.2, 0.25) is 0 Å². The van der Waals surface area contributed by atoms with Crippen molar-refractivity contribution >= 4 is 0 Å². The average Bonchev–Trinajstić information content (AvgIpc) is 2.44. The molecule has 0 aromatic heterocycles. The molecule has 1 fully saturated rings. The van der Waals surface area contributed by atoms with E-state index in [0.29, 0.717) is 5.92 Å². The Balaban J connectivity index is 1.99. The first-order valence-corrected chi connectivity index (χ1v) is 7.74. The van der Waals surface area contributed by atoms with Crippen molar-refractivity contribution in [3.8, 4) is 0 Å². The molecule has 1 aromatic carbocycles. The summed E-state index contributed by atoms with van der Waals surface area (Å²) in [7, 11) is 0. The summed E-state index contributed by atoms with van der Waals surface area (Å²) in [5.41, 5.74) is 1.15. The number of rotatable bonds is 6. The Morgan fingerprint density at radius 1 is 1.26 bits per heavy atom. The smallest absolute Gasteiger partial charge is 0.123 e. The van der Waals surface area contributed by atoms with E-state index in [4.69, 9.17) is 0 Å². The molecule has 1 nitrogen and oxygen atoms in total. The fourth-order valence-electron chi connectivity index (χ4n) is 3.31. The summed E-state index contributed by atoms with van der Waals surface area (Å²) in [5.74, 6) is 1.36. The van der Waals surface area contributed by atoms with Gasteiger partial charge in [-0.2, -0.15) is 0 Å². The molecule has 19 heavy (non-hydrogen) atoms. The second-order valence-corrected chi connectivity index (χ2v) is 5.80. The van der Waals surface area contributed by atoms with Crippen LogP contribution in [0.3, 0.4) is 0 Å². The molecule has 0 amide bonds. The molecule has 1 aromatic rings. The minimum Gasteiger partial charge on any atom is -0.317 e. The molecule has 1 aliphatic carbocycles. The van der Waals surface area contributed by atoms with Gasteiger partial charge in [0.25, 0.3) is 0 Å². The summed E-state index contributed by atoms with van der Waals surface area (Å²) < 4.78 is 13.3. The summed E-state index contributed by atoms with van der Waals surface area (Å²) >= 11 is 0. The molecule has 1 atom stereocenters. The van der Waals surface area contributed by atoms with Crippen LogP contribution in [0.4, 0.5) is 4.39 Å². The van der Waals surface area contributed by atoms with Crippen LogP contribution >= 0.6 is 0 Å². The van der Waals surface area contributed by atoms with Crippen molar-refractivity contribution in [2.24, 2.45) is 11.8 Å². The average molecular weight is 263 g/mol. The first-order valence-electron chi connectivity index (χ1n) is 7.74. The monoisotopic (exact) mass is 263 g/mol. The van der Waals surface area contributed by atoms with Crippen molar-refractivity contribution in [2.75, 3.05) is 13.1 Å². The van der Waals surface area contributed by atoms with Crippen molar-refractivity contribution in [3.05, 3.63) is 35.6 Å². The van der Waals surface area contributed by atoms with Gasteiger partial charge in [-0.05, 0) is 49.0 Å². The Bertz CT molecular complexity index is 371. The van der Waals surface area contributed by atoms with Crippen molar-refractivity contribution in [1.82, 2.24) is 5.32 Å². The molecule has 1 unspecified atom stereocenters. The fraction of sp³-hybridized carbons (Fsp3) is 0.647. The van der Waals surface area contributed by atoms with Gasteiger partial charge in [-0.15, -0.1) is 0 Å². The molecule has 1 aliphatic rings. The molecule has 0 spiro atoms. The van der Waals surface area contributed by atoms with Crippen molar-refractivity contribution < 1.29 is 4.39 Å². The van der Waals surface area contributed by atoms with Gasteiger partial charge in [-0.3, -0.25) is 0 Å². The van der Waals surface area contributed by atoms with Gasteiger partial charge in [0.2, 0.25) is 0 Å². The summed E-state index contributed by atoms with van der Waals surface area (Å²) in [5, 5.41) is 3.49. The third kappa shape index (κ3) is 4.61. The van der Waals surface area contributed by atoms with E-state index in [2.05, 4.69) is 18.3 Å². The molecular weight excluding hydrogens is 237 g/mol. The summed E-state index contributed by atoms with van der Waals surface area (Å²) in [6.45, 7) is 4.24. The quantitative estimate of drug-likeness (QED) is 0.812. The van der Waals surface area contributed by atoms with E-state index in [-0.39, 0.29) is 5.82 Å². The maximum atomic E-state index is 13.3. The largest absolute Gasteiger partial charge is 0.317 e. The van der Waals surface area contributed by atoms with Gasteiger partial charge in [-0.25, -0.2) is 4.39 Å². The summed E-state index contributed by atoms with van der Waals surface area (Å²) in [6, 6.07) is 7.12. The maximum Gasteiger partial charge on any atom is 0.123 e. The highest BCUT2D eigenvalue weighted by Gasteiger charge is 2.23. The lowest BCUT2D eigenvalue weighted by Gasteiger charge is -2.30. The molecule has 1 saturated carbocycles. The lowest BCUT2D eigenvalue weighted by atomic mass is 9.77. The highest BCUT2D eigenvalue weighted by Crippen LogP contribution is 2.31. The predicted octanol–water partition coefficient (Wildman–Crippen LogP) is 4.17. The summed E-state index contributed by atoms with van der Waals surface area (Å²) in [4.78, 5) is 0. The predicted molar refractivity (Wildman–Crippen MR) is 78.7 cm³/mol. The SMILES string of the molecule is CCNCC(Cc1cccc(F)c1)C1CCCCC1. The van der Waals surface area contributed by atoms with Gasteiger partial charge in [0.15, 0.2) is 0 Å². The first-order chi connectivity index (χ1) is 9.29. The minimum atomic E-state index is -0.108. The van der Waals surface area contributed by atoms with Crippen molar-refractivity contribution in [1.29, 1.82) is 0 Å². The van der Waals surface area contributed by atoms with Crippen molar-refractivity contribution in [2.45, 2.75) is 45.4 Å². The second-order valence-electron chi connectivity index (χ2n) is 5.80. The minimum absolute atomic E-state index is 0.108. The molecule has 2 rings (SSSR count). The van der Waals surface area contributed by atoms with Gasteiger partial charge in [0, 0.05) is 0 Å². The number of hydrogen-bond acceptors (Lipinski definition) is 1. The van der Waals surface area contributed by atoms with E-state index in [9.17, 15) is 4.39 Å². The highest BCUT2D eigenvalue weighted by atomic mass is 19.1. The van der Waals surface area contributed by atoms with Crippen LogP contribution in [0.5, 0.6) is 0 Å². The van der Waals surface area contributed by atoms with Crippen molar-refractivity contribution in [3.63, 3.8) is 0 Å². The third-order valence-corrected chi connectivity index (χ3v) is 4.36. The Morgan fingerprint density at radius 3 is 2.74 bits per heavy atom. The Kier molecular flexibility index (Phi) is 5.84. The van der Waals surface area contributed by atoms with Crippen LogP contribution in [0.25, 0.3) is 0 Å². The lowest BCUT2D eigenvalue weighted by molar-refractivity contribution is 0.240. The van der Waals surface area contributed by atoms with Gasteiger partial charge in [-0.1, -0.05) is 51.2 Å². The zero-order valence-corrected chi connectivity index (χ0v) is 12.0. The zero-order valence-electron chi connectivity index (χ0n) is 12.0. The first kappa shape index (κ1) is 14.5. The number of nitrogens with one attached hydrogen (secondary N) is 1. The summed E-state index contributed by atoms with van der Waals surface area (Å²) in [6.07, 6.45) is 7.85. The van der Waals surface area contributed by atoms with E-state index in [1.54, 1.807) is 6.07 Å². The highest BCUT2D eigenvalue weighted by molar-refractivity contribution is 5.17. The van der Waals surface area contributed by atoms with Crippen LogP contribution in [0.1, 0.15) is 44.6 Å². The topological polar surface area (TPSA) is 12.0 Å². The van der Waals surface area contributed by atoms with Gasteiger partial charge >= 0.3 is 0 Å². The second kappa shape index (κ2) is 7.64. The Hall–Kier alpha value is -0.890. The molecular formula is C17H26FN. The van der Waals surface area contributed by atoms with Gasteiger partial charge in [0.1, 0.15) is 5.82 Å². The standard InChI is InChI=1S/C17H26FN/c1-2-19-13-16(15-8-4-3-5-9-15)11-14-7-6-10-17(18)12-14/h6-7,10,12,15-16,19H,2-5,8-9,11,13H2,1H3. The van der Waals surface area contributed by atoms with E-state index < -0.39 is 0 Å². The van der Waals surface area contributed by atoms with Gasteiger partial charge in [0.05, 0.1) is 0 Å². The Morgan fingerprint density at radius 2 is 2.05 bits per heavy atom.